The third-order valence-electron chi connectivity index (χ3n) is 4.87. The van der Waals surface area contributed by atoms with Crippen molar-refractivity contribution in [2.45, 2.75) is 26.4 Å². The Bertz CT molecular complexity index is 613. The van der Waals surface area contributed by atoms with Crippen LogP contribution < -0.4 is 19.9 Å². The SMILES string of the molecule is COc1ccc(CN2CCN(C(=O)[C@@H](N)C(C)C)CC2)c(OC)c1OC. The molecular formula is C19H31N3O4. The van der Waals surface area contributed by atoms with Gasteiger partial charge in [0, 0.05) is 38.3 Å². The number of hydrogen-bond acceptors (Lipinski definition) is 6. The van der Waals surface area contributed by atoms with Gasteiger partial charge in [0.1, 0.15) is 0 Å². The minimum atomic E-state index is -0.424. The van der Waals surface area contributed by atoms with Gasteiger partial charge in [-0.15, -0.1) is 0 Å². The molecule has 0 aliphatic carbocycles. The van der Waals surface area contributed by atoms with Crippen molar-refractivity contribution in [1.29, 1.82) is 0 Å². The summed E-state index contributed by atoms with van der Waals surface area (Å²) in [6, 6.07) is 3.46. The van der Waals surface area contributed by atoms with Gasteiger partial charge in [-0.3, -0.25) is 9.69 Å². The van der Waals surface area contributed by atoms with Crippen LogP contribution in [0.4, 0.5) is 0 Å². The minimum Gasteiger partial charge on any atom is -0.493 e. The molecule has 1 heterocycles. The smallest absolute Gasteiger partial charge is 0.239 e. The van der Waals surface area contributed by atoms with Gasteiger partial charge in [0.25, 0.3) is 0 Å². The normalized spacial score (nSPS) is 16.5. The zero-order valence-electron chi connectivity index (χ0n) is 16.4. The molecule has 0 saturated carbocycles. The van der Waals surface area contributed by atoms with Gasteiger partial charge < -0.3 is 24.8 Å². The Labute approximate surface area is 156 Å². The van der Waals surface area contributed by atoms with Crippen molar-refractivity contribution in [2.75, 3.05) is 47.5 Å². The molecule has 1 aromatic carbocycles. The molecule has 1 saturated heterocycles. The summed E-state index contributed by atoms with van der Waals surface area (Å²) in [5.41, 5.74) is 7.03. The molecule has 1 amide bonds. The van der Waals surface area contributed by atoms with E-state index in [1.807, 2.05) is 30.9 Å². The molecule has 7 nitrogen and oxygen atoms in total. The van der Waals surface area contributed by atoms with Crippen molar-refractivity contribution in [3.8, 4) is 17.2 Å². The van der Waals surface area contributed by atoms with Crippen LogP contribution in [0.3, 0.4) is 0 Å². The first-order valence-corrected chi connectivity index (χ1v) is 8.97. The molecule has 0 bridgehead atoms. The molecule has 7 heteroatoms. The highest BCUT2D eigenvalue weighted by Gasteiger charge is 2.27. The van der Waals surface area contributed by atoms with E-state index in [0.717, 1.165) is 25.2 Å². The molecule has 1 aliphatic heterocycles. The second-order valence-electron chi connectivity index (χ2n) is 6.86. The number of piperazine rings is 1. The van der Waals surface area contributed by atoms with Gasteiger partial charge in [0.2, 0.25) is 11.7 Å². The summed E-state index contributed by atoms with van der Waals surface area (Å²) in [6.07, 6.45) is 0. The van der Waals surface area contributed by atoms with Crippen LogP contribution in [0.2, 0.25) is 0 Å². The lowest BCUT2D eigenvalue weighted by Crippen LogP contribution is -2.54. The maximum Gasteiger partial charge on any atom is 0.239 e. The van der Waals surface area contributed by atoms with Crippen molar-refractivity contribution in [2.24, 2.45) is 11.7 Å². The van der Waals surface area contributed by atoms with E-state index in [2.05, 4.69) is 4.90 Å². The summed E-state index contributed by atoms with van der Waals surface area (Å²) in [5, 5.41) is 0. The van der Waals surface area contributed by atoms with Crippen molar-refractivity contribution < 1.29 is 19.0 Å². The maximum absolute atomic E-state index is 12.4. The van der Waals surface area contributed by atoms with Crippen molar-refractivity contribution in [3.63, 3.8) is 0 Å². The van der Waals surface area contributed by atoms with Gasteiger partial charge >= 0.3 is 0 Å². The number of methoxy groups -OCH3 is 3. The van der Waals surface area contributed by atoms with E-state index in [1.165, 1.54) is 0 Å². The summed E-state index contributed by atoms with van der Waals surface area (Å²) in [7, 11) is 4.84. The van der Waals surface area contributed by atoms with Gasteiger partial charge in [-0.25, -0.2) is 0 Å². The molecular weight excluding hydrogens is 334 g/mol. The second kappa shape index (κ2) is 9.09. The predicted molar refractivity (Wildman–Crippen MR) is 101 cm³/mol. The molecule has 2 N–H and O–H groups in total. The molecule has 0 spiro atoms. The molecule has 1 fully saturated rings. The Hall–Kier alpha value is -1.99. The Balaban J connectivity index is 2.03. The summed E-state index contributed by atoms with van der Waals surface area (Å²) in [4.78, 5) is 16.6. The molecule has 26 heavy (non-hydrogen) atoms. The van der Waals surface area contributed by atoms with E-state index in [4.69, 9.17) is 19.9 Å². The van der Waals surface area contributed by atoms with Gasteiger partial charge in [0.05, 0.1) is 27.4 Å². The molecule has 1 aromatic rings. The lowest BCUT2D eigenvalue weighted by Gasteiger charge is -2.36. The number of rotatable bonds is 7. The number of benzene rings is 1. The standard InChI is InChI=1S/C19H31N3O4/c1-13(2)16(20)19(23)22-10-8-21(9-11-22)12-14-6-7-15(24-3)18(26-5)17(14)25-4/h6-7,13,16H,8-12,20H2,1-5H3/t16-/m0/s1. The molecule has 1 atom stereocenters. The highest BCUT2D eigenvalue weighted by Crippen LogP contribution is 2.40. The molecule has 1 aliphatic rings. The molecule has 2 rings (SSSR count). The molecule has 0 aromatic heterocycles. The van der Waals surface area contributed by atoms with Crippen LogP contribution in [0.15, 0.2) is 12.1 Å². The topological polar surface area (TPSA) is 77.3 Å². The van der Waals surface area contributed by atoms with Crippen LogP contribution in [0.25, 0.3) is 0 Å². The first-order chi connectivity index (χ1) is 12.4. The number of carbonyl (C=O) groups is 1. The van der Waals surface area contributed by atoms with Crippen molar-refractivity contribution in [1.82, 2.24) is 9.80 Å². The van der Waals surface area contributed by atoms with Gasteiger partial charge in [-0.2, -0.15) is 0 Å². The van der Waals surface area contributed by atoms with E-state index in [-0.39, 0.29) is 11.8 Å². The van der Waals surface area contributed by atoms with E-state index in [9.17, 15) is 4.79 Å². The minimum absolute atomic E-state index is 0.0448. The van der Waals surface area contributed by atoms with E-state index >= 15 is 0 Å². The van der Waals surface area contributed by atoms with Crippen molar-refractivity contribution in [3.05, 3.63) is 17.7 Å². The van der Waals surface area contributed by atoms with Crippen LogP contribution in [0, 0.1) is 5.92 Å². The molecule has 0 unspecified atom stereocenters. The number of nitrogens with zero attached hydrogens (tertiary/aromatic N) is 2. The zero-order chi connectivity index (χ0) is 19.3. The van der Waals surface area contributed by atoms with Crippen LogP contribution in [0.1, 0.15) is 19.4 Å². The highest BCUT2D eigenvalue weighted by atomic mass is 16.5. The van der Waals surface area contributed by atoms with Gasteiger partial charge in [-0.1, -0.05) is 19.9 Å². The third-order valence-corrected chi connectivity index (χ3v) is 4.87. The molecule has 0 radical (unpaired) electrons. The fourth-order valence-corrected chi connectivity index (χ4v) is 3.15. The van der Waals surface area contributed by atoms with E-state index in [1.54, 1.807) is 21.3 Å². The summed E-state index contributed by atoms with van der Waals surface area (Å²) >= 11 is 0. The Morgan fingerprint density at radius 2 is 1.65 bits per heavy atom. The highest BCUT2D eigenvalue weighted by molar-refractivity contribution is 5.82. The summed E-state index contributed by atoms with van der Waals surface area (Å²) < 4.78 is 16.3. The number of hydrogen-bond donors (Lipinski definition) is 1. The first kappa shape index (κ1) is 20.3. The number of amides is 1. The quantitative estimate of drug-likeness (QED) is 0.786. The third kappa shape index (κ3) is 4.40. The lowest BCUT2D eigenvalue weighted by atomic mass is 10.0. The maximum atomic E-state index is 12.4. The van der Waals surface area contributed by atoms with Crippen LogP contribution in [-0.2, 0) is 11.3 Å². The Morgan fingerprint density at radius 1 is 1.04 bits per heavy atom. The molecule has 146 valence electrons. The fraction of sp³-hybridized carbons (Fsp3) is 0.632. The Kier molecular flexibility index (Phi) is 7.11. The van der Waals surface area contributed by atoms with Crippen molar-refractivity contribution >= 4 is 5.91 Å². The van der Waals surface area contributed by atoms with Gasteiger partial charge in [-0.05, 0) is 12.0 Å². The summed E-state index contributed by atoms with van der Waals surface area (Å²) in [5.74, 6) is 2.13. The summed E-state index contributed by atoms with van der Waals surface area (Å²) in [6.45, 7) is 7.65. The predicted octanol–water partition coefficient (Wildman–Crippen LogP) is 1.34. The average molecular weight is 365 g/mol. The van der Waals surface area contributed by atoms with Crippen LogP contribution in [0.5, 0.6) is 17.2 Å². The van der Waals surface area contributed by atoms with Crippen LogP contribution >= 0.6 is 0 Å². The van der Waals surface area contributed by atoms with E-state index < -0.39 is 6.04 Å². The number of ether oxygens (including phenoxy) is 3. The zero-order valence-corrected chi connectivity index (χ0v) is 16.4. The Morgan fingerprint density at radius 3 is 2.15 bits per heavy atom. The lowest BCUT2D eigenvalue weighted by molar-refractivity contribution is -0.135. The second-order valence-corrected chi connectivity index (χ2v) is 6.86. The fourth-order valence-electron chi connectivity index (χ4n) is 3.15. The average Bonchev–Trinajstić information content (AvgIpc) is 2.66. The monoisotopic (exact) mass is 365 g/mol. The first-order valence-electron chi connectivity index (χ1n) is 8.97. The number of carbonyl (C=O) groups excluding carboxylic acids is 1. The van der Waals surface area contributed by atoms with Crippen LogP contribution in [-0.4, -0.2) is 69.3 Å². The largest absolute Gasteiger partial charge is 0.493 e. The van der Waals surface area contributed by atoms with E-state index in [0.29, 0.717) is 30.3 Å². The van der Waals surface area contributed by atoms with Gasteiger partial charge in [0.15, 0.2) is 11.5 Å². The number of nitrogens with two attached hydrogens (primary N) is 1.